The molecular formula is C20H16BrNO6. The Morgan fingerprint density at radius 3 is 2.50 bits per heavy atom. The first-order valence-electron chi connectivity index (χ1n) is 8.33. The molecule has 0 saturated heterocycles. The molecule has 0 bridgehead atoms. The number of ether oxygens (including phenoxy) is 2. The molecular weight excluding hydrogens is 430 g/mol. The second-order valence-electron chi connectivity index (χ2n) is 5.73. The van der Waals surface area contributed by atoms with E-state index in [0.29, 0.717) is 26.9 Å². The second-order valence-corrected chi connectivity index (χ2v) is 6.64. The number of nitrogens with one attached hydrogen (secondary N) is 1. The van der Waals surface area contributed by atoms with E-state index in [2.05, 4.69) is 21.2 Å². The lowest BCUT2D eigenvalue weighted by atomic mass is 10.1. The van der Waals surface area contributed by atoms with E-state index in [1.54, 1.807) is 31.2 Å². The molecule has 7 nitrogen and oxygen atoms in total. The molecule has 0 fully saturated rings. The SMILES string of the molecule is CCOC(=O)c1ccc(NC(=O)c2cc3cc(Br)cc(OC)c3oc2=O)cc1. The van der Waals surface area contributed by atoms with E-state index in [-0.39, 0.29) is 17.8 Å². The quantitative estimate of drug-likeness (QED) is 0.471. The molecule has 0 aliphatic carbocycles. The number of methoxy groups -OCH3 is 1. The number of benzene rings is 2. The van der Waals surface area contributed by atoms with Crippen LogP contribution in [-0.2, 0) is 4.74 Å². The van der Waals surface area contributed by atoms with Crippen LogP contribution in [0.3, 0.4) is 0 Å². The van der Waals surface area contributed by atoms with Gasteiger partial charge in [-0.3, -0.25) is 4.79 Å². The number of fused-ring (bicyclic) bond motifs is 1. The summed E-state index contributed by atoms with van der Waals surface area (Å²) in [5.74, 6) is -0.698. The fourth-order valence-corrected chi connectivity index (χ4v) is 3.03. The summed E-state index contributed by atoms with van der Waals surface area (Å²) in [6.45, 7) is 1.99. The number of hydrogen-bond donors (Lipinski definition) is 1. The maximum atomic E-state index is 12.5. The molecule has 1 N–H and O–H groups in total. The number of halogens is 1. The van der Waals surface area contributed by atoms with Gasteiger partial charge in [0.1, 0.15) is 5.56 Å². The summed E-state index contributed by atoms with van der Waals surface area (Å²) in [4.78, 5) is 36.5. The van der Waals surface area contributed by atoms with E-state index in [0.717, 1.165) is 0 Å². The monoisotopic (exact) mass is 445 g/mol. The highest BCUT2D eigenvalue weighted by Gasteiger charge is 2.17. The third-order valence-corrected chi connectivity index (χ3v) is 4.34. The van der Waals surface area contributed by atoms with Crippen molar-refractivity contribution in [3.05, 3.63) is 68.5 Å². The van der Waals surface area contributed by atoms with Crippen molar-refractivity contribution in [3.8, 4) is 5.75 Å². The van der Waals surface area contributed by atoms with Gasteiger partial charge in [0.25, 0.3) is 5.91 Å². The van der Waals surface area contributed by atoms with Crippen LogP contribution in [0, 0.1) is 0 Å². The third-order valence-electron chi connectivity index (χ3n) is 3.88. The molecule has 0 saturated carbocycles. The Hall–Kier alpha value is -3.13. The van der Waals surface area contributed by atoms with Crippen LogP contribution in [0.15, 0.2) is 56.1 Å². The van der Waals surface area contributed by atoms with Crippen LogP contribution in [-0.4, -0.2) is 25.6 Å². The second kappa shape index (κ2) is 8.26. The van der Waals surface area contributed by atoms with Crippen LogP contribution in [0.25, 0.3) is 11.0 Å². The zero-order valence-electron chi connectivity index (χ0n) is 15.1. The molecule has 8 heteroatoms. The summed E-state index contributed by atoms with van der Waals surface area (Å²) in [7, 11) is 1.46. The molecule has 28 heavy (non-hydrogen) atoms. The molecule has 1 amide bonds. The van der Waals surface area contributed by atoms with Gasteiger partial charge in [-0.1, -0.05) is 15.9 Å². The van der Waals surface area contributed by atoms with Crippen LogP contribution in [0.1, 0.15) is 27.6 Å². The summed E-state index contributed by atoms with van der Waals surface area (Å²) in [6, 6.07) is 11.0. The first kappa shape index (κ1) is 19.6. The van der Waals surface area contributed by atoms with Crippen LogP contribution < -0.4 is 15.7 Å². The Labute approximate surface area is 168 Å². The van der Waals surface area contributed by atoms with Crippen LogP contribution >= 0.6 is 15.9 Å². The molecule has 0 aliphatic rings. The predicted molar refractivity (Wildman–Crippen MR) is 107 cm³/mol. The molecule has 1 heterocycles. The van der Waals surface area contributed by atoms with Crippen molar-refractivity contribution in [2.24, 2.45) is 0 Å². The van der Waals surface area contributed by atoms with Crippen molar-refractivity contribution in [3.63, 3.8) is 0 Å². The molecule has 0 radical (unpaired) electrons. The van der Waals surface area contributed by atoms with Gasteiger partial charge >= 0.3 is 11.6 Å². The highest BCUT2D eigenvalue weighted by molar-refractivity contribution is 9.10. The lowest BCUT2D eigenvalue weighted by Gasteiger charge is -2.08. The van der Waals surface area contributed by atoms with Crippen LogP contribution in [0.2, 0.25) is 0 Å². The normalized spacial score (nSPS) is 10.5. The van der Waals surface area contributed by atoms with Crippen molar-refractivity contribution < 1.29 is 23.5 Å². The number of hydrogen-bond acceptors (Lipinski definition) is 6. The fourth-order valence-electron chi connectivity index (χ4n) is 2.58. The lowest BCUT2D eigenvalue weighted by molar-refractivity contribution is 0.0526. The lowest BCUT2D eigenvalue weighted by Crippen LogP contribution is -2.20. The number of esters is 1. The molecule has 0 atom stereocenters. The smallest absolute Gasteiger partial charge is 0.349 e. The summed E-state index contributed by atoms with van der Waals surface area (Å²) >= 11 is 3.35. The van der Waals surface area contributed by atoms with Gasteiger partial charge in [0, 0.05) is 15.5 Å². The zero-order valence-corrected chi connectivity index (χ0v) is 16.7. The number of amides is 1. The van der Waals surface area contributed by atoms with Gasteiger partial charge in [0.2, 0.25) is 0 Å². The van der Waals surface area contributed by atoms with E-state index in [1.165, 1.54) is 25.3 Å². The molecule has 0 aliphatic heterocycles. The minimum atomic E-state index is -0.784. The fraction of sp³-hybridized carbons (Fsp3) is 0.150. The summed E-state index contributed by atoms with van der Waals surface area (Å²) in [5, 5.41) is 3.15. The minimum absolute atomic E-state index is 0.151. The number of rotatable bonds is 5. The van der Waals surface area contributed by atoms with Gasteiger partial charge < -0.3 is 19.2 Å². The van der Waals surface area contributed by atoms with E-state index in [9.17, 15) is 14.4 Å². The van der Waals surface area contributed by atoms with Crippen molar-refractivity contribution in [1.82, 2.24) is 0 Å². The minimum Gasteiger partial charge on any atom is -0.493 e. The molecule has 144 valence electrons. The van der Waals surface area contributed by atoms with Crippen molar-refractivity contribution >= 4 is 44.5 Å². The third kappa shape index (κ3) is 4.07. The molecule has 3 aromatic rings. The van der Waals surface area contributed by atoms with Crippen molar-refractivity contribution in [2.45, 2.75) is 6.92 Å². The Kier molecular flexibility index (Phi) is 5.79. The number of carbonyl (C=O) groups excluding carboxylic acids is 2. The van der Waals surface area contributed by atoms with Gasteiger partial charge in [-0.05, 0) is 49.4 Å². The molecule has 0 unspecified atom stereocenters. The maximum Gasteiger partial charge on any atom is 0.349 e. The Morgan fingerprint density at radius 1 is 1.14 bits per heavy atom. The Balaban J connectivity index is 1.88. The van der Waals surface area contributed by atoms with Crippen molar-refractivity contribution in [1.29, 1.82) is 0 Å². The summed E-state index contributed by atoms with van der Waals surface area (Å²) < 4.78 is 16.1. The predicted octanol–water partition coefficient (Wildman–Crippen LogP) is 3.99. The van der Waals surface area contributed by atoms with Gasteiger partial charge in [0.15, 0.2) is 11.3 Å². The standard InChI is InChI=1S/C20H16BrNO6/c1-3-27-19(24)11-4-6-14(7-5-11)22-18(23)15-9-12-8-13(21)10-16(26-2)17(12)28-20(15)25/h4-10H,3H2,1-2H3,(H,22,23). The van der Waals surface area contributed by atoms with E-state index in [4.69, 9.17) is 13.9 Å². The highest BCUT2D eigenvalue weighted by Crippen LogP contribution is 2.29. The zero-order chi connectivity index (χ0) is 20.3. The Bertz CT molecular complexity index is 1100. The first-order chi connectivity index (χ1) is 13.4. The average molecular weight is 446 g/mol. The van der Waals surface area contributed by atoms with E-state index in [1.807, 2.05) is 0 Å². The topological polar surface area (TPSA) is 94.8 Å². The van der Waals surface area contributed by atoms with Crippen molar-refractivity contribution in [2.75, 3.05) is 19.0 Å². The molecule has 0 spiro atoms. The van der Waals surface area contributed by atoms with Crippen LogP contribution in [0.4, 0.5) is 5.69 Å². The van der Waals surface area contributed by atoms with Gasteiger partial charge in [0.05, 0.1) is 19.3 Å². The largest absolute Gasteiger partial charge is 0.493 e. The number of anilines is 1. The summed E-state index contributed by atoms with van der Waals surface area (Å²) in [6.07, 6.45) is 0. The van der Waals surface area contributed by atoms with E-state index >= 15 is 0 Å². The molecule has 3 rings (SSSR count). The summed E-state index contributed by atoms with van der Waals surface area (Å²) in [5.41, 5.74) is 0.105. The highest BCUT2D eigenvalue weighted by atomic mass is 79.9. The van der Waals surface area contributed by atoms with Gasteiger partial charge in [-0.2, -0.15) is 0 Å². The number of carbonyl (C=O) groups is 2. The van der Waals surface area contributed by atoms with Crippen LogP contribution in [0.5, 0.6) is 5.75 Å². The maximum absolute atomic E-state index is 12.5. The van der Waals surface area contributed by atoms with Gasteiger partial charge in [-0.15, -0.1) is 0 Å². The Morgan fingerprint density at radius 2 is 1.86 bits per heavy atom. The van der Waals surface area contributed by atoms with Gasteiger partial charge in [-0.25, -0.2) is 9.59 Å². The first-order valence-corrected chi connectivity index (χ1v) is 9.12. The molecule has 2 aromatic carbocycles. The van der Waals surface area contributed by atoms with E-state index < -0.39 is 17.5 Å². The molecule has 1 aromatic heterocycles. The average Bonchev–Trinajstić information content (AvgIpc) is 2.68.